The van der Waals surface area contributed by atoms with Crippen LogP contribution in [0.2, 0.25) is 0 Å². The van der Waals surface area contributed by atoms with Gasteiger partial charge in [0, 0.05) is 57.8 Å². The predicted octanol–water partition coefficient (Wildman–Crippen LogP) is 1.17. The first-order chi connectivity index (χ1) is 12.7. The Morgan fingerprint density at radius 1 is 1.22 bits per heavy atom. The summed E-state index contributed by atoms with van der Waals surface area (Å²) in [5, 5.41) is 9.15. The Morgan fingerprint density at radius 2 is 2.04 bits per heavy atom. The number of fused-ring (bicyclic) bond motifs is 1. The molecule has 7 nitrogen and oxygen atoms in total. The molecule has 150 valence electrons. The summed E-state index contributed by atoms with van der Waals surface area (Å²) in [6.45, 7) is 6.28. The quantitative estimate of drug-likeness (QED) is 0.575. The molecule has 1 aromatic carbocycles. The molecule has 3 rings (SSSR count). The Bertz CT molecular complexity index is 635. The lowest BCUT2D eigenvalue weighted by molar-refractivity contribution is -0.121. The summed E-state index contributed by atoms with van der Waals surface area (Å²) in [5.41, 5.74) is 1.98. The molecule has 8 heteroatoms. The standard InChI is InChI=1S/C19H28N4O3.ClH/c24-18(21-9-12-23-10-7-20-8-11-23)2-1-13-26-16-4-5-17-15(14-16)3-6-19(25)22-17;/h4-5,14,20H,1-3,6-13H2,(H,21,24)(H,22,25);1H. The fourth-order valence-corrected chi connectivity index (χ4v) is 3.25. The number of piperazine rings is 1. The fraction of sp³-hybridized carbons (Fsp3) is 0.579. The Kier molecular flexibility index (Phi) is 8.84. The maximum absolute atomic E-state index is 11.9. The smallest absolute Gasteiger partial charge is 0.224 e. The van der Waals surface area contributed by atoms with E-state index in [1.54, 1.807) is 0 Å². The molecule has 0 aromatic heterocycles. The van der Waals surface area contributed by atoms with E-state index < -0.39 is 0 Å². The highest BCUT2D eigenvalue weighted by atomic mass is 35.5. The monoisotopic (exact) mass is 396 g/mol. The van der Waals surface area contributed by atoms with E-state index in [4.69, 9.17) is 4.74 Å². The van der Waals surface area contributed by atoms with Crippen molar-refractivity contribution in [2.45, 2.75) is 25.7 Å². The Hall–Kier alpha value is -1.83. The first-order valence-corrected chi connectivity index (χ1v) is 9.46. The van der Waals surface area contributed by atoms with Crippen LogP contribution >= 0.6 is 12.4 Å². The molecular weight excluding hydrogens is 368 g/mol. The number of nitrogens with zero attached hydrogens (tertiary/aromatic N) is 1. The van der Waals surface area contributed by atoms with Crippen LogP contribution in [0.4, 0.5) is 5.69 Å². The highest BCUT2D eigenvalue weighted by Gasteiger charge is 2.15. The van der Waals surface area contributed by atoms with Crippen molar-refractivity contribution < 1.29 is 14.3 Å². The second-order valence-electron chi connectivity index (χ2n) is 6.76. The van der Waals surface area contributed by atoms with E-state index in [9.17, 15) is 9.59 Å². The lowest BCUT2D eigenvalue weighted by Crippen LogP contribution is -2.46. The van der Waals surface area contributed by atoms with Gasteiger partial charge in [-0.3, -0.25) is 14.5 Å². The van der Waals surface area contributed by atoms with Gasteiger partial charge in [-0.2, -0.15) is 0 Å². The molecule has 0 saturated carbocycles. The SMILES string of the molecule is Cl.O=C(CCCOc1ccc2c(c1)CCC(=O)N2)NCCN1CCNCC1. The van der Waals surface area contributed by atoms with Gasteiger partial charge in [0.05, 0.1) is 6.61 Å². The molecular formula is C19H29ClN4O3. The summed E-state index contributed by atoms with van der Waals surface area (Å²) >= 11 is 0. The van der Waals surface area contributed by atoms with Crippen LogP contribution in [0.3, 0.4) is 0 Å². The van der Waals surface area contributed by atoms with Crippen LogP contribution in [0, 0.1) is 0 Å². The van der Waals surface area contributed by atoms with E-state index in [1.165, 1.54) is 0 Å². The largest absolute Gasteiger partial charge is 0.494 e. The van der Waals surface area contributed by atoms with Gasteiger partial charge in [0.2, 0.25) is 11.8 Å². The van der Waals surface area contributed by atoms with Crippen molar-refractivity contribution in [1.82, 2.24) is 15.5 Å². The lowest BCUT2D eigenvalue weighted by atomic mass is 10.0. The summed E-state index contributed by atoms with van der Waals surface area (Å²) in [7, 11) is 0. The summed E-state index contributed by atoms with van der Waals surface area (Å²) in [4.78, 5) is 25.6. The van der Waals surface area contributed by atoms with Crippen LogP contribution in [-0.2, 0) is 16.0 Å². The number of benzene rings is 1. The molecule has 3 N–H and O–H groups in total. The van der Waals surface area contributed by atoms with Crippen LogP contribution in [0.5, 0.6) is 5.75 Å². The molecule has 0 spiro atoms. The summed E-state index contributed by atoms with van der Waals surface area (Å²) in [5.74, 6) is 0.935. The summed E-state index contributed by atoms with van der Waals surface area (Å²) in [6.07, 6.45) is 2.42. The van der Waals surface area contributed by atoms with Gasteiger partial charge in [-0.25, -0.2) is 0 Å². The second kappa shape index (κ2) is 11.1. The molecule has 0 unspecified atom stereocenters. The molecule has 1 fully saturated rings. The number of rotatable bonds is 8. The highest BCUT2D eigenvalue weighted by Crippen LogP contribution is 2.26. The molecule has 2 aliphatic rings. The number of carbonyl (C=O) groups is 2. The molecule has 1 saturated heterocycles. The van der Waals surface area contributed by atoms with Gasteiger partial charge >= 0.3 is 0 Å². The van der Waals surface area contributed by atoms with E-state index in [0.29, 0.717) is 32.4 Å². The number of amides is 2. The summed E-state index contributed by atoms with van der Waals surface area (Å²) in [6, 6.07) is 5.71. The normalized spacial score (nSPS) is 16.7. The van der Waals surface area contributed by atoms with Gasteiger partial charge in [0.1, 0.15) is 5.75 Å². The van der Waals surface area contributed by atoms with E-state index >= 15 is 0 Å². The van der Waals surface area contributed by atoms with Gasteiger partial charge < -0.3 is 20.7 Å². The van der Waals surface area contributed by atoms with Crippen molar-refractivity contribution in [1.29, 1.82) is 0 Å². The van der Waals surface area contributed by atoms with Gasteiger partial charge in [0.15, 0.2) is 0 Å². The first-order valence-electron chi connectivity index (χ1n) is 9.46. The Morgan fingerprint density at radius 3 is 2.85 bits per heavy atom. The number of carbonyl (C=O) groups excluding carboxylic acids is 2. The minimum atomic E-state index is 0. The number of ether oxygens (including phenoxy) is 1. The zero-order valence-corrected chi connectivity index (χ0v) is 16.4. The van der Waals surface area contributed by atoms with E-state index in [1.807, 2.05) is 18.2 Å². The van der Waals surface area contributed by atoms with Gasteiger partial charge in [-0.1, -0.05) is 0 Å². The zero-order chi connectivity index (χ0) is 18.2. The summed E-state index contributed by atoms with van der Waals surface area (Å²) < 4.78 is 5.74. The number of hydrogen-bond donors (Lipinski definition) is 3. The first kappa shape index (κ1) is 21.5. The molecule has 1 aromatic rings. The van der Waals surface area contributed by atoms with Gasteiger partial charge in [-0.05, 0) is 36.6 Å². The topological polar surface area (TPSA) is 82.7 Å². The maximum atomic E-state index is 11.9. The fourth-order valence-electron chi connectivity index (χ4n) is 3.25. The number of nitrogens with one attached hydrogen (secondary N) is 3. The van der Waals surface area contributed by atoms with Gasteiger partial charge in [-0.15, -0.1) is 12.4 Å². The van der Waals surface area contributed by atoms with Crippen molar-refractivity contribution >= 4 is 29.9 Å². The van der Waals surface area contributed by atoms with Crippen LogP contribution in [0.25, 0.3) is 0 Å². The average Bonchev–Trinajstić information content (AvgIpc) is 2.66. The van der Waals surface area contributed by atoms with Crippen molar-refractivity contribution in [3.8, 4) is 5.75 Å². The third kappa shape index (κ3) is 7.01. The Labute approximate surface area is 166 Å². The predicted molar refractivity (Wildman–Crippen MR) is 108 cm³/mol. The molecule has 0 atom stereocenters. The van der Waals surface area contributed by atoms with Crippen LogP contribution in [-0.4, -0.2) is 62.6 Å². The molecule has 27 heavy (non-hydrogen) atoms. The third-order valence-electron chi connectivity index (χ3n) is 4.75. The van der Waals surface area contributed by atoms with Crippen molar-refractivity contribution in [3.05, 3.63) is 23.8 Å². The minimum absolute atomic E-state index is 0. The van der Waals surface area contributed by atoms with E-state index in [-0.39, 0.29) is 24.2 Å². The Balaban J connectivity index is 0.00000261. The van der Waals surface area contributed by atoms with Crippen molar-refractivity contribution in [2.75, 3.05) is 51.2 Å². The van der Waals surface area contributed by atoms with E-state index in [0.717, 1.165) is 56.1 Å². The van der Waals surface area contributed by atoms with Crippen molar-refractivity contribution in [3.63, 3.8) is 0 Å². The molecule has 0 aliphatic carbocycles. The van der Waals surface area contributed by atoms with Gasteiger partial charge in [0.25, 0.3) is 0 Å². The number of halogens is 1. The third-order valence-corrected chi connectivity index (χ3v) is 4.75. The molecule has 0 bridgehead atoms. The number of aryl methyl sites for hydroxylation is 1. The average molecular weight is 397 g/mol. The molecule has 2 aliphatic heterocycles. The van der Waals surface area contributed by atoms with Crippen LogP contribution in [0.15, 0.2) is 18.2 Å². The number of anilines is 1. The van der Waals surface area contributed by atoms with Crippen molar-refractivity contribution in [2.24, 2.45) is 0 Å². The lowest BCUT2D eigenvalue weighted by Gasteiger charge is -2.27. The second-order valence-corrected chi connectivity index (χ2v) is 6.76. The van der Waals surface area contributed by atoms with Crippen LogP contribution in [0.1, 0.15) is 24.8 Å². The molecule has 2 heterocycles. The minimum Gasteiger partial charge on any atom is -0.494 e. The van der Waals surface area contributed by atoms with E-state index in [2.05, 4.69) is 20.9 Å². The highest BCUT2D eigenvalue weighted by molar-refractivity contribution is 5.94. The molecule has 0 radical (unpaired) electrons. The van der Waals surface area contributed by atoms with Crippen LogP contribution < -0.4 is 20.7 Å². The zero-order valence-electron chi connectivity index (χ0n) is 15.6. The molecule has 2 amide bonds. The maximum Gasteiger partial charge on any atom is 0.224 e. The number of hydrogen-bond acceptors (Lipinski definition) is 5.